The maximum absolute atomic E-state index is 11.8. The van der Waals surface area contributed by atoms with E-state index in [1.54, 1.807) is 0 Å². The first-order valence-corrected chi connectivity index (χ1v) is 5.41. The van der Waals surface area contributed by atoms with Crippen molar-refractivity contribution in [2.45, 2.75) is 45.3 Å². The molecule has 4 nitrogen and oxygen atoms in total. The normalized spacial score (nSPS) is 22.4. The topological polar surface area (TPSA) is 41.9 Å². The van der Waals surface area contributed by atoms with Crippen LogP contribution in [0.5, 0.6) is 0 Å². The van der Waals surface area contributed by atoms with Gasteiger partial charge in [-0.3, -0.25) is 0 Å². The average molecular weight is 233 g/mol. The molecule has 1 fully saturated rings. The summed E-state index contributed by atoms with van der Waals surface area (Å²) in [5.74, 6) is -0.198. The van der Waals surface area contributed by atoms with Gasteiger partial charge in [0.05, 0.1) is 0 Å². The number of carbonyl (C=O) groups excluding carboxylic acids is 1. The third-order valence-electron chi connectivity index (χ3n) is 2.17. The van der Waals surface area contributed by atoms with Gasteiger partial charge in [0.15, 0.2) is 0 Å². The fourth-order valence-electron chi connectivity index (χ4n) is 1.61. The number of esters is 1. The van der Waals surface area contributed by atoms with Crippen molar-refractivity contribution in [3.05, 3.63) is 0 Å². The van der Waals surface area contributed by atoms with Gasteiger partial charge in [-0.25, -0.2) is 4.79 Å². The van der Waals surface area contributed by atoms with Crippen LogP contribution in [-0.4, -0.2) is 35.4 Å². The number of nitrogens with zero attached hydrogens (tertiary/aromatic N) is 2. The molecule has 1 aliphatic heterocycles. The average Bonchev–Trinajstić information content (AvgIpc) is 2.49. The van der Waals surface area contributed by atoms with Crippen molar-refractivity contribution in [3.63, 3.8) is 0 Å². The maximum atomic E-state index is 11.8. The maximum Gasteiger partial charge on any atom is 0.329 e. The van der Waals surface area contributed by atoms with Crippen LogP contribution in [0.4, 0.5) is 0 Å². The van der Waals surface area contributed by atoms with Crippen molar-refractivity contribution < 1.29 is 9.53 Å². The summed E-state index contributed by atoms with van der Waals surface area (Å²) in [4.78, 5) is 13.6. The second kappa shape index (κ2) is 4.84. The summed E-state index contributed by atoms with van der Waals surface area (Å²) in [5, 5.41) is 0. The Kier molecular flexibility index (Phi) is 3.97. The molecule has 86 valence electrons. The zero-order chi connectivity index (χ0) is 11.5. The Morgan fingerprint density at radius 3 is 2.80 bits per heavy atom. The lowest BCUT2D eigenvalue weighted by Crippen LogP contribution is -2.39. The van der Waals surface area contributed by atoms with E-state index in [-0.39, 0.29) is 12.0 Å². The molecule has 0 N–H and O–H groups in total. The molecule has 0 radical (unpaired) electrons. The molecule has 0 aliphatic carbocycles. The fourth-order valence-corrected chi connectivity index (χ4v) is 1.72. The summed E-state index contributed by atoms with van der Waals surface area (Å²) in [5.41, 5.74) is -0.441. The van der Waals surface area contributed by atoms with E-state index in [2.05, 4.69) is 4.51 Å². The van der Waals surface area contributed by atoms with Crippen LogP contribution in [0.25, 0.3) is 0 Å². The number of likely N-dealkylation sites (tertiary alicyclic amines) is 1. The highest BCUT2D eigenvalue weighted by Crippen LogP contribution is 2.19. The van der Waals surface area contributed by atoms with Gasteiger partial charge in [-0.05, 0) is 33.6 Å². The molecule has 0 aromatic rings. The molecule has 1 heterocycles. The van der Waals surface area contributed by atoms with Crippen LogP contribution in [0.1, 0.15) is 33.6 Å². The molecule has 1 rings (SSSR count). The zero-order valence-corrected chi connectivity index (χ0v) is 10.1. The predicted octanol–water partition coefficient (Wildman–Crippen LogP) is 1.97. The summed E-state index contributed by atoms with van der Waals surface area (Å²) in [6.45, 7) is 6.39. The van der Waals surface area contributed by atoms with E-state index in [4.69, 9.17) is 16.5 Å². The quantitative estimate of drug-likeness (QED) is 0.415. The van der Waals surface area contributed by atoms with Crippen LogP contribution in [0.3, 0.4) is 0 Å². The number of rotatable bonds is 2. The van der Waals surface area contributed by atoms with Crippen molar-refractivity contribution >= 4 is 24.1 Å². The Balaban J connectivity index is 2.59. The molecule has 0 aromatic carbocycles. The van der Waals surface area contributed by atoms with Gasteiger partial charge in [0.25, 0.3) is 0 Å². The van der Waals surface area contributed by atoms with Gasteiger partial charge in [-0.2, -0.15) is 4.51 Å². The van der Waals surface area contributed by atoms with Crippen LogP contribution in [0, 0.1) is 0 Å². The van der Waals surface area contributed by atoms with Crippen molar-refractivity contribution in [1.82, 2.24) is 4.90 Å². The van der Waals surface area contributed by atoms with E-state index in [9.17, 15) is 4.79 Å². The summed E-state index contributed by atoms with van der Waals surface area (Å²) in [6.07, 6.45) is 3.26. The SMILES string of the molecule is CC(C)(C)OC(=O)C1CCCN1/C=N/Cl. The van der Waals surface area contributed by atoms with Gasteiger partial charge in [-0.1, -0.05) is 0 Å². The molecule has 0 aromatic heterocycles. The molecule has 1 aliphatic rings. The van der Waals surface area contributed by atoms with Crippen LogP contribution in [-0.2, 0) is 9.53 Å². The lowest BCUT2D eigenvalue weighted by molar-refractivity contribution is -0.158. The van der Waals surface area contributed by atoms with Gasteiger partial charge in [0.2, 0.25) is 0 Å². The summed E-state index contributed by atoms with van der Waals surface area (Å²) in [7, 11) is 0. The lowest BCUT2D eigenvalue weighted by Gasteiger charge is -2.25. The van der Waals surface area contributed by atoms with E-state index >= 15 is 0 Å². The zero-order valence-electron chi connectivity index (χ0n) is 9.36. The van der Waals surface area contributed by atoms with E-state index in [1.807, 2.05) is 25.7 Å². The van der Waals surface area contributed by atoms with Crippen LogP contribution in [0.15, 0.2) is 4.51 Å². The number of ether oxygens (including phenoxy) is 1. The molecular formula is C10H17ClN2O2. The van der Waals surface area contributed by atoms with E-state index in [0.29, 0.717) is 0 Å². The lowest BCUT2D eigenvalue weighted by atomic mass is 10.1. The Bertz CT molecular complexity index is 261. The molecule has 1 saturated heterocycles. The van der Waals surface area contributed by atoms with Crippen molar-refractivity contribution in [1.29, 1.82) is 0 Å². The molecule has 5 heteroatoms. The van der Waals surface area contributed by atoms with E-state index < -0.39 is 5.60 Å². The van der Waals surface area contributed by atoms with Gasteiger partial charge in [0.1, 0.15) is 18.0 Å². The smallest absolute Gasteiger partial charge is 0.329 e. The first-order valence-electron chi connectivity index (χ1n) is 5.07. The molecule has 15 heavy (non-hydrogen) atoms. The van der Waals surface area contributed by atoms with E-state index in [1.165, 1.54) is 6.34 Å². The highest BCUT2D eigenvalue weighted by atomic mass is 35.5. The Hall–Kier alpha value is -0.770. The first-order chi connectivity index (χ1) is 6.94. The predicted molar refractivity (Wildman–Crippen MR) is 59.9 cm³/mol. The second-order valence-electron chi connectivity index (χ2n) is 4.64. The summed E-state index contributed by atoms with van der Waals surface area (Å²) in [6, 6.07) is -0.230. The third-order valence-corrected chi connectivity index (χ3v) is 2.25. The molecule has 1 unspecified atom stereocenters. The monoisotopic (exact) mass is 232 g/mol. The van der Waals surface area contributed by atoms with E-state index in [0.717, 1.165) is 19.4 Å². The highest BCUT2D eigenvalue weighted by Gasteiger charge is 2.32. The largest absolute Gasteiger partial charge is 0.458 e. The minimum Gasteiger partial charge on any atom is -0.458 e. The summed E-state index contributed by atoms with van der Waals surface area (Å²) >= 11 is 5.26. The highest BCUT2D eigenvalue weighted by molar-refractivity contribution is 6.17. The minimum absolute atomic E-state index is 0.198. The van der Waals surface area contributed by atoms with Crippen LogP contribution < -0.4 is 0 Å². The number of carbonyl (C=O) groups is 1. The number of hydrogen-bond acceptors (Lipinski definition) is 3. The fraction of sp³-hybridized carbons (Fsp3) is 0.800. The molecule has 0 saturated carbocycles. The van der Waals surface area contributed by atoms with Crippen molar-refractivity contribution in [2.24, 2.45) is 4.51 Å². The minimum atomic E-state index is -0.441. The first kappa shape index (κ1) is 12.3. The third kappa shape index (κ3) is 3.70. The number of hydrogen-bond donors (Lipinski definition) is 0. The molecule has 0 amide bonds. The van der Waals surface area contributed by atoms with Gasteiger partial charge in [-0.15, -0.1) is 0 Å². The number of halogens is 1. The molecule has 0 bridgehead atoms. The molecule has 0 spiro atoms. The van der Waals surface area contributed by atoms with Gasteiger partial charge in [0, 0.05) is 18.3 Å². The van der Waals surface area contributed by atoms with Crippen LogP contribution in [0.2, 0.25) is 0 Å². The summed E-state index contributed by atoms with van der Waals surface area (Å²) < 4.78 is 8.73. The molecule has 1 atom stereocenters. The van der Waals surface area contributed by atoms with Gasteiger partial charge < -0.3 is 9.64 Å². The Labute approximate surface area is 95.4 Å². The van der Waals surface area contributed by atoms with Crippen molar-refractivity contribution in [3.8, 4) is 0 Å². The second-order valence-corrected chi connectivity index (χ2v) is 4.84. The van der Waals surface area contributed by atoms with Crippen molar-refractivity contribution in [2.75, 3.05) is 6.54 Å². The molecular weight excluding hydrogens is 216 g/mol. The standard InChI is InChI=1S/C10H17ClN2O2/c1-10(2,3)15-9(14)8-5-4-6-13(8)7-12-11/h7-8H,4-6H2,1-3H3/b12-7+. The Morgan fingerprint density at radius 2 is 2.27 bits per heavy atom. The van der Waals surface area contributed by atoms with Crippen LogP contribution >= 0.6 is 11.8 Å². The Morgan fingerprint density at radius 1 is 1.60 bits per heavy atom. The van der Waals surface area contributed by atoms with Gasteiger partial charge >= 0.3 is 5.97 Å².